The van der Waals surface area contributed by atoms with Gasteiger partial charge in [-0.3, -0.25) is 0 Å². The van der Waals surface area contributed by atoms with Crippen molar-refractivity contribution in [3.05, 3.63) is 92.5 Å². The van der Waals surface area contributed by atoms with Crippen LogP contribution in [-0.4, -0.2) is 9.78 Å². The van der Waals surface area contributed by atoms with E-state index < -0.39 is 0 Å². The fourth-order valence-corrected chi connectivity index (χ4v) is 3.64. The summed E-state index contributed by atoms with van der Waals surface area (Å²) in [5, 5.41) is 6.30. The van der Waals surface area contributed by atoms with Crippen LogP contribution in [0.4, 0.5) is 0 Å². The minimum Gasteiger partial charge on any atom is -0.231 e. The molecule has 1 heterocycles. The standard InChI is InChI=1S/C21H13Cl2IN2/c22-16-9-5-14(6-10-16)19-13-21(15-7-11-17(23)12-8-15)26(25-19)20-4-2-1-3-18(20)24/h1-13H. The Hall–Kier alpha value is -1.82. The molecule has 0 radical (unpaired) electrons. The van der Waals surface area contributed by atoms with E-state index in [1.54, 1.807) is 0 Å². The third-order valence-electron chi connectivity index (χ3n) is 4.07. The van der Waals surface area contributed by atoms with Crippen molar-refractivity contribution in [2.45, 2.75) is 0 Å². The Balaban J connectivity index is 1.92. The average Bonchev–Trinajstić information content (AvgIpc) is 3.08. The number of hydrogen-bond acceptors (Lipinski definition) is 1. The number of nitrogens with zero attached hydrogens (tertiary/aromatic N) is 2. The summed E-state index contributed by atoms with van der Waals surface area (Å²) in [7, 11) is 0. The summed E-state index contributed by atoms with van der Waals surface area (Å²) in [5.74, 6) is 0. The largest absolute Gasteiger partial charge is 0.231 e. The summed E-state index contributed by atoms with van der Waals surface area (Å²) in [6.45, 7) is 0. The van der Waals surface area contributed by atoms with E-state index in [1.165, 1.54) is 0 Å². The summed E-state index contributed by atoms with van der Waals surface area (Å²) in [5.41, 5.74) is 5.02. The monoisotopic (exact) mass is 490 g/mol. The van der Waals surface area contributed by atoms with Crippen molar-refractivity contribution >= 4 is 45.8 Å². The molecule has 0 aliphatic heterocycles. The summed E-state index contributed by atoms with van der Waals surface area (Å²) in [6.07, 6.45) is 0. The third kappa shape index (κ3) is 3.52. The van der Waals surface area contributed by atoms with Gasteiger partial charge in [0.25, 0.3) is 0 Å². The maximum Gasteiger partial charge on any atom is 0.0934 e. The molecule has 0 spiro atoms. The van der Waals surface area contributed by atoms with Gasteiger partial charge in [0.05, 0.1) is 17.1 Å². The van der Waals surface area contributed by atoms with E-state index in [0.717, 1.165) is 31.8 Å². The van der Waals surface area contributed by atoms with E-state index in [9.17, 15) is 0 Å². The number of benzene rings is 3. The minimum atomic E-state index is 0.712. The van der Waals surface area contributed by atoms with Crippen molar-refractivity contribution in [3.63, 3.8) is 0 Å². The lowest BCUT2D eigenvalue weighted by molar-refractivity contribution is 0.887. The topological polar surface area (TPSA) is 17.8 Å². The molecule has 4 aromatic rings. The van der Waals surface area contributed by atoms with Crippen LogP contribution in [0.3, 0.4) is 0 Å². The molecule has 2 nitrogen and oxygen atoms in total. The highest BCUT2D eigenvalue weighted by Crippen LogP contribution is 2.31. The van der Waals surface area contributed by atoms with Crippen molar-refractivity contribution < 1.29 is 0 Å². The number of rotatable bonds is 3. The predicted molar refractivity (Wildman–Crippen MR) is 117 cm³/mol. The molecule has 0 N–H and O–H groups in total. The summed E-state index contributed by atoms with van der Waals surface area (Å²) in [6, 6.07) is 25.8. The second-order valence-corrected chi connectivity index (χ2v) is 7.83. The van der Waals surface area contributed by atoms with Crippen LogP contribution in [0.25, 0.3) is 28.2 Å². The van der Waals surface area contributed by atoms with Crippen molar-refractivity contribution in [2.75, 3.05) is 0 Å². The fourth-order valence-electron chi connectivity index (χ4n) is 2.78. The zero-order valence-electron chi connectivity index (χ0n) is 13.5. The Morgan fingerprint density at radius 2 is 1.31 bits per heavy atom. The van der Waals surface area contributed by atoms with Crippen molar-refractivity contribution in [2.24, 2.45) is 0 Å². The highest BCUT2D eigenvalue weighted by Gasteiger charge is 2.14. The van der Waals surface area contributed by atoms with Gasteiger partial charge in [0.15, 0.2) is 0 Å². The molecule has 0 amide bonds. The second kappa shape index (κ2) is 7.43. The van der Waals surface area contributed by atoms with Crippen LogP contribution in [0, 0.1) is 3.57 Å². The van der Waals surface area contributed by atoms with Gasteiger partial charge in [-0.25, -0.2) is 4.68 Å². The van der Waals surface area contributed by atoms with E-state index in [-0.39, 0.29) is 0 Å². The molecule has 128 valence electrons. The molecule has 0 fully saturated rings. The molecule has 0 aliphatic rings. The quantitative estimate of drug-likeness (QED) is 0.279. The molecule has 0 unspecified atom stereocenters. The first-order chi connectivity index (χ1) is 12.6. The zero-order chi connectivity index (χ0) is 18.1. The van der Waals surface area contributed by atoms with Gasteiger partial charge < -0.3 is 0 Å². The van der Waals surface area contributed by atoms with E-state index >= 15 is 0 Å². The molecule has 0 atom stereocenters. The minimum absolute atomic E-state index is 0.712. The first-order valence-corrected chi connectivity index (χ1v) is 9.82. The Bertz CT molecular complexity index is 1050. The number of hydrogen-bond donors (Lipinski definition) is 0. The molecule has 0 saturated carbocycles. The Morgan fingerprint density at radius 1 is 0.731 bits per heavy atom. The normalized spacial score (nSPS) is 10.9. The van der Waals surface area contributed by atoms with Gasteiger partial charge in [-0.1, -0.05) is 59.6 Å². The SMILES string of the molecule is Clc1ccc(-c2cc(-c3ccc(Cl)cc3)n(-c3ccccc3I)n2)cc1. The van der Waals surface area contributed by atoms with E-state index in [4.69, 9.17) is 28.3 Å². The van der Waals surface area contributed by atoms with Crippen LogP contribution in [0.1, 0.15) is 0 Å². The maximum atomic E-state index is 6.06. The van der Waals surface area contributed by atoms with Gasteiger partial charge >= 0.3 is 0 Å². The van der Waals surface area contributed by atoms with Gasteiger partial charge in [0.2, 0.25) is 0 Å². The molecule has 0 bridgehead atoms. The average molecular weight is 491 g/mol. The van der Waals surface area contributed by atoms with Crippen LogP contribution in [0.15, 0.2) is 78.9 Å². The first kappa shape index (κ1) is 17.6. The van der Waals surface area contributed by atoms with Crippen LogP contribution >= 0.6 is 45.8 Å². The molecule has 3 aromatic carbocycles. The van der Waals surface area contributed by atoms with Gasteiger partial charge in [0.1, 0.15) is 0 Å². The van der Waals surface area contributed by atoms with E-state index in [0.29, 0.717) is 10.0 Å². The van der Waals surface area contributed by atoms with Gasteiger partial charge in [-0.05, 0) is 65.1 Å². The third-order valence-corrected chi connectivity index (χ3v) is 5.49. The number of para-hydroxylation sites is 1. The van der Waals surface area contributed by atoms with Gasteiger partial charge in [-0.15, -0.1) is 0 Å². The number of aromatic nitrogens is 2. The molecular formula is C21H13Cl2IN2. The summed E-state index contributed by atoms with van der Waals surface area (Å²) in [4.78, 5) is 0. The molecule has 0 saturated heterocycles. The summed E-state index contributed by atoms with van der Waals surface area (Å²) >= 11 is 14.4. The smallest absolute Gasteiger partial charge is 0.0934 e. The van der Waals surface area contributed by atoms with Crippen molar-refractivity contribution in [3.8, 4) is 28.2 Å². The first-order valence-electron chi connectivity index (χ1n) is 7.99. The lowest BCUT2D eigenvalue weighted by Gasteiger charge is -2.09. The highest BCUT2D eigenvalue weighted by molar-refractivity contribution is 14.1. The van der Waals surface area contributed by atoms with Crippen LogP contribution in [0.2, 0.25) is 10.0 Å². The molecule has 4 rings (SSSR count). The zero-order valence-corrected chi connectivity index (χ0v) is 17.2. The molecular weight excluding hydrogens is 478 g/mol. The fraction of sp³-hybridized carbons (Fsp3) is 0. The van der Waals surface area contributed by atoms with Gasteiger partial charge in [0, 0.05) is 24.7 Å². The Morgan fingerprint density at radius 3 is 1.92 bits per heavy atom. The lowest BCUT2D eigenvalue weighted by Crippen LogP contribution is -2.01. The molecule has 26 heavy (non-hydrogen) atoms. The van der Waals surface area contributed by atoms with Crippen LogP contribution in [-0.2, 0) is 0 Å². The second-order valence-electron chi connectivity index (χ2n) is 5.79. The van der Waals surface area contributed by atoms with Crippen LogP contribution < -0.4 is 0 Å². The molecule has 5 heteroatoms. The molecule has 1 aromatic heterocycles. The highest BCUT2D eigenvalue weighted by atomic mass is 127. The predicted octanol–water partition coefficient (Wildman–Crippen LogP) is 7.12. The van der Waals surface area contributed by atoms with E-state index in [2.05, 4.69) is 40.8 Å². The van der Waals surface area contributed by atoms with Crippen LogP contribution in [0.5, 0.6) is 0 Å². The summed E-state index contributed by atoms with van der Waals surface area (Å²) < 4.78 is 3.11. The van der Waals surface area contributed by atoms with Crippen molar-refractivity contribution in [1.82, 2.24) is 9.78 Å². The van der Waals surface area contributed by atoms with Crippen molar-refractivity contribution in [1.29, 1.82) is 0 Å². The van der Waals surface area contributed by atoms with Gasteiger partial charge in [-0.2, -0.15) is 5.10 Å². The Kier molecular flexibility index (Phi) is 5.02. The van der Waals surface area contributed by atoms with E-state index in [1.807, 2.05) is 65.3 Å². The number of halogens is 3. The molecule has 0 aliphatic carbocycles. The lowest BCUT2D eigenvalue weighted by atomic mass is 10.1. The maximum absolute atomic E-state index is 6.06. The Labute approximate surface area is 175 Å².